The van der Waals surface area contributed by atoms with Gasteiger partial charge in [-0.1, -0.05) is 18.2 Å². The number of nitrogens with zero attached hydrogens (tertiary/aromatic N) is 1. The molecule has 0 saturated heterocycles. The van der Waals surface area contributed by atoms with Gasteiger partial charge in [-0.05, 0) is 23.1 Å². The zero-order chi connectivity index (χ0) is 14.2. The van der Waals surface area contributed by atoms with Gasteiger partial charge in [-0.3, -0.25) is 4.90 Å². The van der Waals surface area contributed by atoms with Crippen LogP contribution in [-0.2, 0) is 29.1 Å². The summed E-state index contributed by atoms with van der Waals surface area (Å²) in [5, 5.41) is 3.39. The fraction of sp³-hybridized carbons (Fsp3) is 0.625. The first kappa shape index (κ1) is 15.4. The molecule has 0 atom stereocenters. The van der Waals surface area contributed by atoms with Crippen molar-refractivity contribution in [3.8, 4) is 0 Å². The van der Waals surface area contributed by atoms with Crippen LogP contribution in [0.3, 0.4) is 0 Å². The Morgan fingerprint density at radius 1 is 1.05 bits per heavy atom. The van der Waals surface area contributed by atoms with Gasteiger partial charge in [0.1, 0.15) is 0 Å². The van der Waals surface area contributed by atoms with E-state index in [9.17, 15) is 0 Å². The van der Waals surface area contributed by atoms with E-state index in [4.69, 9.17) is 9.47 Å². The predicted octanol–water partition coefficient (Wildman–Crippen LogP) is 1.77. The number of methoxy groups -OCH3 is 2. The van der Waals surface area contributed by atoms with Crippen molar-refractivity contribution < 1.29 is 9.47 Å². The lowest BCUT2D eigenvalue weighted by Gasteiger charge is -2.22. The second kappa shape index (κ2) is 8.37. The minimum absolute atomic E-state index is 0.777. The number of fused-ring (bicyclic) bond motifs is 1. The molecular weight excluding hydrogens is 252 g/mol. The summed E-state index contributed by atoms with van der Waals surface area (Å²) in [6.45, 7) is 6.61. The van der Waals surface area contributed by atoms with Crippen LogP contribution in [0, 0.1) is 0 Å². The van der Waals surface area contributed by atoms with E-state index in [1.54, 1.807) is 14.2 Å². The molecule has 0 radical (unpaired) electrons. The van der Waals surface area contributed by atoms with E-state index in [2.05, 4.69) is 28.4 Å². The van der Waals surface area contributed by atoms with Crippen LogP contribution in [0.15, 0.2) is 18.2 Å². The number of hydrogen-bond donors (Lipinski definition) is 1. The molecule has 1 aromatic carbocycles. The van der Waals surface area contributed by atoms with E-state index in [0.717, 1.165) is 52.4 Å². The van der Waals surface area contributed by atoms with Gasteiger partial charge in [-0.2, -0.15) is 0 Å². The molecule has 0 fully saturated rings. The maximum absolute atomic E-state index is 5.21. The van der Waals surface area contributed by atoms with Crippen molar-refractivity contribution in [3.05, 3.63) is 34.9 Å². The highest BCUT2D eigenvalue weighted by molar-refractivity contribution is 5.34. The first-order valence-corrected chi connectivity index (χ1v) is 7.35. The fourth-order valence-corrected chi connectivity index (χ4v) is 2.63. The molecule has 1 aliphatic rings. The van der Waals surface area contributed by atoms with Crippen LogP contribution in [-0.4, -0.2) is 45.4 Å². The predicted molar refractivity (Wildman–Crippen MR) is 80.6 cm³/mol. The molecule has 4 nitrogen and oxygen atoms in total. The summed E-state index contributed by atoms with van der Waals surface area (Å²) in [5.41, 5.74) is 4.28. The molecule has 1 N–H and O–H groups in total. The van der Waals surface area contributed by atoms with Gasteiger partial charge < -0.3 is 14.8 Å². The van der Waals surface area contributed by atoms with Gasteiger partial charge in [0.15, 0.2) is 0 Å². The van der Waals surface area contributed by atoms with E-state index < -0.39 is 0 Å². The maximum Gasteiger partial charge on any atom is 0.0589 e. The van der Waals surface area contributed by atoms with E-state index >= 15 is 0 Å². The van der Waals surface area contributed by atoms with Crippen molar-refractivity contribution in [1.82, 2.24) is 10.2 Å². The Labute approximate surface area is 122 Å². The van der Waals surface area contributed by atoms with Crippen molar-refractivity contribution in [2.24, 2.45) is 0 Å². The molecule has 0 amide bonds. The fourth-order valence-electron chi connectivity index (χ4n) is 2.63. The first-order valence-electron chi connectivity index (χ1n) is 7.35. The number of rotatable bonds is 9. The summed E-state index contributed by atoms with van der Waals surface area (Å²) in [5.74, 6) is 0. The standard InChI is InChI=1S/C16H26N2O2/c1-19-8-3-6-18(7-9-20-2)13-14-4-5-15-11-17-12-16(15)10-14/h4-5,10,17H,3,6-9,11-13H2,1-2H3. The summed E-state index contributed by atoms with van der Waals surface area (Å²) in [6, 6.07) is 6.85. The molecule has 1 aliphatic heterocycles. The normalized spacial score (nSPS) is 13.9. The minimum Gasteiger partial charge on any atom is -0.385 e. The lowest BCUT2D eigenvalue weighted by molar-refractivity contribution is 0.129. The van der Waals surface area contributed by atoms with Crippen molar-refractivity contribution in [1.29, 1.82) is 0 Å². The number of hydrogen-bond acceptors (Lipinski definition) is 4. The van der Waals surface area contributed by atoms with Crippen LogP contribution >= 0.6 is 0 Å². The van der Waals surface area contributed by atoms with E-state index in [1.165, 1.54) is 16.7 Å². The molecule has 112 valence electrons. The molecule has 0 saturated carbocycles. The van der Waals surface area contributed by atoms with Crippen LogP contribution < -0.4 is 5.32 Å². The van der Waals surface area contributed by atoms with Crippen LogP contribution in [0.4, 0.5) is 0 Å². The summed E-state index contributed by atoms with van der Waals surface area (Å²) in [7, 11) is 3.52. The van der Waals surface area contributed by atoms with E-state index in [-0.39, 0.29) is 0 Å². The van der Waals surface area contributed by atoms with Crippen molar-refractivity contribution in [2.75, 3.05) is 40.5 Å². The Bertz CT molecular complexity index is 409. The van der Waals surface area contributed by atoms with Crippen LogP contribution in [0.2, 0.25) is 0 Å². The molecule has 1 aromatic rings. The molecule has 0 spiro atoms. The summed E-state index contributed by atoms with van der Waals surface area (Å²) in [6.07, 6.45) is 1.06. The third-order valence-electron chi connectivity index (χ3n) is 3.74. The molecule has 0 aromatic heterocycles. The SMILES string of the molecule is COCCCN(CCOC)Cc1ccc2c(c1)CNC2. The van der Waals surface area contributed by atoms with Gasteiger partial charge in [-0.15, -0.1) is 0 Å². The van der Waals surface area contributed by atoms with E-state index in [0.29, 0.717) is 0 Å². The summed E-state index contributed by atoms with van der Waals surface area (Å²) in [4.78, 5) is 2.44. The average molecular weight is 278 g/mol. The molecule has 2 rings (SSSR count). The largest absolute Gasteiger partial charge is 0.385 e. The second-order valence-electron chi connectivity index (χ2n) is 5.32. The van der Waals surface area contributed by atoms with Crippen LogP contribution in [0.25, 0.3) is 0 Å². The Hall–Kier alpha value is -0.940. The highest BCUT2D eigenvalue weighted by atomic mass is 16.5. The zero-order valence-corrected chi connectivity index (χ0v) is 12.7. The van der Waals surface area contributed by atoms with Gasteiger partial charge in [0, 0.05) is 53.6 Å². The molecule has 4 heteroatoms. The van der Waals surface area contributed by atoms with Crippen LogP contribution in [0.1, 0.15) is 23.1 Å². The van der Waals surface area contributed by atoms with Gasteiger partial charge >= 0.3 is 0 Å². The Kier molecular flexibility index (Phi) is 6.47. The Morgan fingerprint density at radius 2 is 1.85 bits per heavy atom. The van der Waals surface area contributed by atoms with Crippen LogP contribution in [0.5, 0.6) is 0 Å². The third-order valence-corrected chi connectivity index (χ3v) is 3.74. The maximum atomic E-state index is 5.21. The highest BCUT2D eigenvalue weighted by Crippen LogP contribution is 2.18. The van der Waals surface area contributed by atoms with Crippen molar-refractivity contribution in [2.45, 2.75) is 26.1 Å². The lowest BCUT2D eigenvalue weighted by atomic mass is 10.1. The van der Waals surface area contributed by atoms with Crippen molar-refractivity contribution >= 4 is 0 Å². The van der Waals surface area contributed by atoms with E-state index in [1.807, 2.05) is 0 Å². The molecule has 20 heavy (non-hydrogen) atoms. The molecule has 0 unspecified atom stereocenters. The van der Waals surface area contributed by atoms with Crippen molar-refractivity contribution in [3.63, 3.8) is 0 Å². The first-order chi connectivity index (χ1) is 9.83. The monoisotopic (exact) mass is 278 g/mol. The Morgan fingerprint density at radius 3 is 2.65 bits per heavy atom. The van der Waals surface area contributed by atoms with Gasteiger partial charge in [-0.25, -0.2) is 0 Å². The Balaban J connectivity index is 1.91. The lowest BCUT2D eigenvalue weighted by Crippen LogP contribution is -2.28. The summed E-state index contributed by atoms with van der Waals surface area (Å²) >= 11 is 0. The minimum atomic E-state index is 0.777. The molecule has 1 heterocycles. The van der Waals surface area contributed by atoms with Gasteiger partial charge in [0.05, 0.1) is 6.61 Å². The van der Waals surface area contributed by atoms with Gasteiger partial charge in [0.25, 0.3) is 0 Å². The molecule has 0 aliphatic carbocycles. The third kappa shape index (κ3) is 4.56. The quantitative estimate of drug-likeness (QED) is 0.698. The zero-order valence-electron chi connectivity index (χ0n) is 12.7. The van der Waals surface area contributed by atoms with Gasteiger partial charge in [0.2, 0.25) is 0 Å². The highest BCUT2D eigenvalue weighted by Gasteiger charge is 2.12. The summed E-state index contributed by atoms with van der Waals surface area (Å²) < 4.78 is 10.3. The number of ether oxygens (including phenoxy) is 2. The molecular formula is C16H26N2O2. The topological polar surface area (TPSA) is 33.7 Å². The number of benzene rings is 1. The second-order valence-corrected chi connectivity index (χ2v) is 5.32. The molecule has 0 bridgehead atoms. The average Bonchev–Trinajstić information content (AvgIpc) is 2.92. The smallest absolute Gasteiger partial charge is 0.0589 e. The number of nitrogens with one attached hydrogen (secondary N) is 1.